The molecule has 0 aliphatic rings. The van der Waals surface area contributed by atoms with E-state index in [9.17, 15) is 0 Å². The zero-order valence-corrected chi connectivity index (χ0v) is 14.1. The third-order valence-electron chi connectivity index (χ3n) is 2.33. The summed E-state index contributed by atoms with van der Waals surface area (Å²) in [5.74, 6) is 0.871. The van der Waals surface area contributed by atoms with Crippen LogP contribution in [0.4, 0.5) is 0 Å². The highest BCUT2D eigenvalue weighted by Crippen LogP contribution is 2.32. The van der Waals surface area contributed by atoms with Gasteiger partial charge in [-0.05, 0) is 41.9 Å². The van der Waals surface area contributed by atoms with Crippen molar-refractivity contribution in [3.63, 3.8) is 0 Å². The highest BCUT2D eigenvalue weighted by Gasteiger charge is 2.08. The van der Waals surface area contributed by atoms with Gasteiger partial charge in [0.1, 0.15) is 5.75 Å². The first kappa shape index (κ1) is 16.0. The summed E-state index contributed by atoms with van der Waals surface area (Å²) < 4.78 is 12.8. The van der Waals surface area contributed by atoms with Gasteiger partial charge in [-0.2, -0.15) is 0 Å². The van der Waals surface area contributed by atoms with Crippen LogP contribution >= 0.6 is 31.9 Å². The predicted octanol–water partition coefficient (Wildman–Crippen LogP) is 3.73. The van der Waals surface area contributed by atoms with Gasteiger partial charge in [0.2, 0.25) is 0 Å². The van der Waals surface area contributed by atoms with Crippen LogP contribution in [0.5, 0.6) is 5.75 Å². The maximum absolute atomic E-state index is 5.47. The molecule has 1 aromatic rings. The van der Waals surface area contributed by atoms with E-state index in [2.05, 4.69) is 43.2 Å². The minimum absolute atomic E-state index is 0.279. The van der Waals surface area contributed by atoms with E-state index in [4.69, 9.17) is 9.47 Å². The lowest BCUT2D eigenvalue weighted by atomic mass is 10.2. The van der Waals surface area contributed by atoms with E-state index < -0.39 is 0 Å². The van der Waals surface area contributed by atoms with Crippen LogP contribution in [0.2, 0.25) is 0 Å². The van der Waals surface area contributed by atoms with Crippen LogP contribution < -0.4 is 10.1 Å². The normalized spacial score (nSPS) is 11.0. The van der Waals surface area contributed by atoms with E-state index in [-0.39, 0.29) is 6.10 Å². The Kier molecular flexibility index (Phi) is 7.22. The summed E-state index contributed by atoms with van der Waals surface area (Å²) >= 11 is 6.97. The lowest BCUT2D eigenvalue weighted by Gasteiger charge is -2.13. The standard InChI is InChI=1S/C13H19Br2NO2/c1-9(2)18-5-4-16-8-10-6-11(14)7-12(15)13(10)17-3/h6-7,9,16H,4-5,8H2,1-3H3. The first-order chi connectivity index (χ1) is 8.54. The van der Waals surface area contributed by atoms with Gasteiger partial charge in [-0.15, -0.1) is 0 Å². The highest BCUT2D eigenvalue weighted by atomic mass is 79.9. The van der Waals surface area contributed by atoms with E-state index in [1.165, 1.54) is 0 Å². The van der Waals surface area contributed by atoms with Gasteiger partial charge in [0.05, 0.1) is 24.3 Å². The molecule has 0 aliphatic heterocycles. The molecule has 0 radical (unpaired) electrons. The second-order valence-electron chi connectivity index (χ2n) is 4.18. The number of nitrogens with one attached hydrogen (secondary N) is 1. The smallest absolute Gasteiger partial charge is 0.137 e. The molecule has 3 nitrogen and oxygen atoms in total. The van der Waals surface area contributed by atoms with Crippen molar-refractivity contribution in [3.05, 3.63) is 26.6 Å². The van der Waals surface area contributed by atoms with Crippen molar-refractivity contribution in [1.29, 1.82) is 0 Å². The van der Waals surface area contributed by atoms with Gasteiger partial charge < -0.3 is 14.8 Å². The quantitative estimate of drug-likeness (QED) is 0.731. The molecule has 18 heavy (non-hydrogen) atoms. The van der Waals surface area contributed by atoms with Crippen LogP contribution in [-0.4, -0.2) is 26.4 Å². The summed E-state index contributed by atoms with van der Waals surface area (Å²) in [7, 11) is 1.68. The number of methoxy groups -OCH3 is 1. The van der Waals surface area contributed by atoms with Gasteiger partial charge in [-0.25, -0.2) is 0 Å². The first-order valence-corrected chi connectivity index (χ1v) is 7.47. The number of hydrogen-bond acceptors (Lipinski definition) is 3. The summed E-state index contributed by atoms with van der Waals surface area (Å²) in [6.45, 7) is 6.37. The SMILES string of the molecule is COc1c(Br)cc(Br)cc1CNCCOC(C)C. The molecular formula is C13H19Br2NO2. The summed E-state index contributed by atoms with van der Waals surface area (Å²) in [5.41, 5.74) is 1.11. The van der Waals surface area contributed by atoms with E-state index in [0.717, 1.165) is 40.0 Å². The van der Waals surface area contributed by atoms with Crippen LogP contribution in [0.15, 0.2) is 21.1 Å². The molecule has 0 bridgehead atoms. The molecule has 0 aliphatic carbocycles. The Morgan fingerprint density at radius 3 is 2.61 bits per heavy atom. The van der Waals surface area contributed by atoms with Crippen molar-refractivity contribution < 1.29 is 9.47 Å². The Bertz CT molecular complexity index is 383. The number of hydrogen-bond donors (Lipinski definition) is 1. The second kappa shape index (κ2) is 8.15. The first-order valence-electron chi connectivity index (χ1n) is 5.88. The van der Waals surface area contributed by atoms with Crippen LogP contribution in [0.25, 0.3) is 0 Å². The molecule has 1 aromatic carbocycles. The number of benzene rings is 1. The monoisotopic (exact) mass is 379 g/mol. The molecule has 0 saturated carbocycles. The minimum atomic E-state index is 0.279. The third-order valence-corrected chi connectivity index (χ3v) is 3.38. The predicted molar refractivity (Wildman–Crippen MR) is 81.2 cm³/mol. The Labute approximate surface area is 125 Å². The average molecular weight is 381 g/mol. The maximum Gasteiger partial charge on any atom is 0.137 e. The van der Waals surface area contributed by atoms with Crippen molar-refractivity contribution in [2.45, 2.75) is 26.5 Å². The Morgan fingerprint density at radius 1 is 1.28 bits per heavy atom. The van der Waals surface area contributed by atoms with Crippen molar-refractivity contribution >= 4 is 31.9 Å². The van der Waals surface area contributed by atoms with E-state index in [1.54, 1.807) is 7.11 Å². The van der Waals surface area contributed by atoms with E-state index in [0.29, 0.717) is 0 Å². The van der Waals surface area contributed by atoms with Crippen LogP contribution in [0.1, 0.15) is 19.4 Å². The Morgan fingerprint density at radius 2 is 2.00 bits per heavy atom. The average Bonchev–Trinajstić information content (AvgIpc) is 2.27. The van der Waals surface area contributed by atoms with Crippen molar-refractivity contribution in [2.75, 3.05) is 20.3 Å². The molecule has 0 unspecified atom stereocenters. The van der Waals surface area contributed by atoms with E-state index >= 15 is 0 Å². The maximum atomic E-state index is 5.47. The molecule has 5 heteroatoms. The molecule has 0 atom stereocenters. The summed E-state index contributed by atoms with van der Waals surface area (Å²) in [6.07, 6.45) is 0.279. The molecule has 0 spiro atoms. The second-order valence-corrected chi connectivity index (χ2v) is 5.95. The Hall–Kier alpha value is -0.100. The molecule has 0 aromatic heterocycles. The van der Waals surface area contributed by atoms with E-state index in [1.807, 2.05) is 19.9 Å². The van der Waals surface area contributed by atoms with Gasteiger partial charge in [0, 0.05) is 23.1 Å². The van der Waals surface area contributed by atoms with Crippen LogP contribution in [0, 0.1) is 0 Å². The van der Waals surface area contributed by atoms with Crippen LogP contribution in [-0.2, 0) is 11.3 Å². The molecule has 0 amide bonds. The molecule has 102 valence electrons. The summed E-state index contributed by atoms with van der Waals surface area (Å²) in [4.78, 5) is 0. The Balaban J connectivity index is 2.51. The zero-order valence-electron chi connectivity index (χ0n) is 10.9. The number of ether oxygens (including phenoxy) is 2. The summed E-state index contributed by atoms with van der Waals surface area (Å²) in [5, 5.41) is 3.34. The third kappa shape index (κ3) is 5.26. The van der Waals surface area contributed by atoms with Crippen molar-refractivity contribution in [2.24, 2.45) is 0 Å². The summed E-state index contributed by atoms with van der Waals surface area (Å²) in [6, 6.07) is 4.03. The van der Waals surface area contributed by atoms with Gasteiger partial charge in [0.15, 0.2) is 0 Å². The van der Waals surface area contributed by atoms with Gasteiger partial charge in [-0.3, -0.25) is 0 Å². The largest absolute Gasteiger partial charge is 0.495 e. The van der Waals surface area contributed by atoms with Crippen LogP contribution in [0.3, 0.4) is 0 Å². The number of halogens is 2. The molecule has 0 heterocycles. The van der Waals surface area contributed by atoms with Gasteiger partial charge in [-0.1, -0.05) is 15.9 Å². The molecule has 1 N–H and O–H groups in total. The molecule has 0 saturated heterocycles. The topological polar surface area (TPSA) is 30.5 Å². The lowest BCUT2D eigenvalue weighted by Crippen LogP contribution is -2.21. The van der Waals surface area contributed by atoms with Crippen molar-refractivity contribution in [3.8, 4) is 5.75 Å². The minimum Gasteiger partial charge on any atom is -0.495 e. The molecular weight excluding hydrogens is 362 g/mol. The molecule has 1 rings (SSSR count). The fourth-order valence-corrected chi connectivity index (χ4v) is 3.04. The molecule has 0 fully saturated rings. The van der Waals surface area contributed by atoms with Gasteiger partial charge >= 0.3 is 0 Å². The zero-order chi connectivity index (χ0) is 13.5. The number of rotatable bonds is 7. The lowest BCUT2D eigenvalue weighted by molar-refractivity contribution is 0.0807. The highest BCUT2D eigenvalue weighted by molar-refractivity contribution is 9.11. The van der Waals surface area contributed by atoms with Crippen molar-refractivity contribution in [1.82, 2.24) is 5.32 Å². The van der Waals surface area contributed by atoms with Gasteiger partial charge in [0.25, 0.3) is 0 Å². The fraction of sp³-hybridized carbons (Fsp3) is 0.538. The fourth-order valence-electron chi connectivity index (χ4n) is 1.56.